The third-order valence-electron chi connectivity index (χ3n) is 3.62. The van der Waals surface area contributed by atoms with Crippen molar-refractivity contribution in [2.24, 2.45) is 0 Å². The molecule has 0 saturated carbocycles. The van der Waals surface area contributed by atoms with Crippen molar-refractivity contribution in [1.82, 2.24) is 15.5 Å². The number of nitrogens with one attached hydrogen (secondary N) is 2. The fourth-order valence-electron chi connectivity index (χ4n) is 2.52. The van der Waals surface area contributed by atoms with Crippen LogP contribution in [0.2, 0.25) is 0 Å². The van der Waals surface area contributed by atoms with Crippen molar-refractivity contribution in [3.63, 3.8) is 0 Å². The van der Waals surface area contributed by atoms with Gasteiger partial charge in [-0.05, 0) is 26.8 Å². The van der Waals surface area contributed by atoms with E-state index in [1.54, 1.807) is 0 Å². The predicted molar refractivity (Wildman–Crippen MR) is 59.7 cm³/mol. The zero-order valence-electron chi connectivity index (χ0n) is 9.62. The molecule has 4 heteroatoms. The highest BCUT2D eigenvalue weighted by Gasteiger charge is 2.28. The Kier molecular flexibility index (Phi) is 3.26. The number of hydrogen-bond donors (Lipinski definition) is 2. The Morgan fingerprint density at radius 2 is 2.27 bits per heavy atom. The second kappa shape index (κ2) is 4.49. The minimum absolute atomic E-state index is 0.199. The summed E-state index contributed by atoms with van der Waals surface area (Å²) >= 11 is 0. The molecule has 0 aromatic heterocycles. The highest BCUT2D eigenvalue weighted by molar-refractivity contribution is 5.76. The second-order valence-electron chi connectivity index (χ2n) is 4.93. The van der Waals surface area contributed by atoms with Crippen LogP contribution in [0.25, 0.3) is 0 Å². The Bertz CT molecular complexity index is 224. The molecule has 2 heterocycles. The fourth-order valence-corrected chi connectivity index (χ4v) is 2.52. The number of carbonyl (C=O) groups excluding carboxylic acids is 1. The van der Waals surface area contributed by atoms with Crippen LogP contribution in [-0.2, 0) is 4.79 Å². The molecule has 0 spiro atoms. The summed E-state index contributed by atoms with van der Waals surface area (Å²) in [6.45, 7) is 4.20. The molecule has 3 atom stereocenters. The molecule has 2 aliphatic rings. The first-order valence-electron chi connectivity index (χ1n) is 5.88. The van der Waals surface area contributed by atoms with E-state index < -0.39 is 0 Å². The molecular formula is C11H21N3O. The lowest BCUT2D eigenvalue weighted by Crippen LogP contribution is -2.49. The topological polar surface area (TPSA) is 44.4 Å². The molecule has 86 valence electrons. The molecule has 0 radical (unpaired) electrons. The Balaban J connectivity index is 1.76. The van der Waals surface area contributed by atoms with E-state index in [1.165, 1.54) is 6.42 Å². The summed E-state index contributed by atoms with van der Waals surface area (Å²) in [5.41, 5.74) is 0. The number of hydrogen-bond acceptors (Lipinski definition) is 3. The molecule has 0 bridgehead atoms. The van der Waals surface area contributed by atoms with Crippen molar-refractivity contribution in [2.45, 2.75) is 44.3 Å². The minimum Gasteiger partial charge on any atom is -0.355 e. The van der Waals surface area contributed by atoms with Gasteiger partial charge in [-0.25, -0.2) is 0 Å². The highest BCUT2D eigenvalue weighted by atomic mass is 16.1. The summed E-state index contributed by atoms with van der Waals surface area (Å²) in [6, 6.07) is 1.76. The summed E-state index contributed by atoms with van der Waals surface area (Å²) in [6.07, 6.45) is 2.89. The first-order chi connectivity index (χ1) is 7.15. The lowest BCUT2D eigenvalue weighted by molar-refractivity contribution is -0.122. The van der Waals surface area contributed by atoms with Crippen LogP contribution in [0.15, 0.2) is 0 Å². The molecule has 4 nitrogen and oxygen atoms in total. The van der Waals surface area contributed by atoms with Gasteiger partial charge in [0.25, 0.3) is 0 Å². The normalized spacial score (nSPS) is 38.0. The molecule has 0 aromatic rings. The van der Waals surface area contributed by atoms with Gasteiger partial charge in [-0.15, -0.1) is 0 Å². The molecule has 2 saturated heterocycles. The van der Waals surface area contributed by atoms with Crippen LogP contribution in [0.5, 0.6) is 0 Å². The van der Waals surface area contributed by atoms with Crippen molar-refractivity contribution in [2.75, 3.05) is 20.1 Å². The molecule has 0 aromatic carbocycles. The van der Waals surface area contributed by atoms with Crippen molar-refractivity contribution < 1.29 is 4.79 Å². The molecule has 2 aliphatic heterocycles. The summed E-state index contributed by atoms with van der Waals surface area (Å²) in [5.74, 6) is 0.199. The third-order valence-corrected chi connectivity index (χ3v) is 3.62. The lowest BCUT2D eigenvalue weighted by atomic mass is 10.1. The molecule has 1 amide bonds. The SMILES string of the molecule is CC1CC(NC2CCC(=O)NC2)CN1C. The van der Waals surface area contributed by atoms with Gasteiger partial charge in [0.05, 0.1) is 0 Å². The van der Waals surface area contributed by atoms with Gasteiger partial charge in [0.1, 0.15) is 0 Å². The number of piperidine rings is 1. The Labute approximate surface area is 91.4 Å². The Hall–Kier alpha value is -0.610. The van der Waals surface area contributed by atoms with E-state index in [9.17, 15) is 4.79 Å². The van der Waals surface area contributed by atoms with Crippen molar-refractivity contribution in [3.8, 4) is 0 Å². The zero-order valence-corrected chi connectivity index (χ0v) is 9.62. The maximum absolute atomic E-state index is 11.0. The van der Waals surface area contributed by atoms with E-state index in [0.717, 1.165) is 19.5 Å². The van der Waals surface area contributed by atoms with E-state index in [2.05, 4.69) is 29.5 Å². The van der Waals surface area contributed by atoms with E-state index in [0.29, 0.717) is 24.5 Å². The molecule has 3 unspecified atom stereocenters. The fraction of sp³-hybridized carbons (Fsp3) is 0.909. The molecule has 2 rings (SSSR count). The van der Waals surface area contributed by atoms with Crippen molar-refractivity contribution in [1.29, 1.82) is 0 Å². The highest BCUT2D eigenvalue weighted by Crippen LogP contribution is 2.16. The lowest BCUT2D eigenvalue weighted by Gasteiger charge is -2.26. The number of carbonyl (C=O) groups is 1. The van der Waals surface area contributed by atoms with Gasteiger partial charge in [-0.2, -0.15) is 0 Å². The van der Waals surface area contributed by atoms with Gasteiger partial charge in [0.2, 0.25) is 5.91 Å². The quantitative estimate of drug-likeness (QED) is 0.673. The van der Waals surface area contributed by atoms with Gasteiger partial charge < -0.3 is 15.5 Å². The largest absolute Gasteiger partial charge is 0.355 e. The molecule has 15 heavy (non-hydrogen) atoms. The maximum atomic E-state index is 11.0. The van der Waals surface area contributed by atoms with Gasteiger partial charge in [0.15, 0.2) is 0 Å². The van der Waals surface area contributed by atoms with Crippen molar-refractivity contribution >= 4 is 5.91 Å². The minimum atomic E-state index is 0.199. The van der Waals surface area contributed by atoms with Crippen LogP contribution in [0.4, 0.5) is 0 Å². The summed E-state index contributed by atoms with van der Waals surface area (Å²) in [5, 5.41) is 6.56. The number of likely N-dealkylation sites (tertiary alicyclic amines) is 1. The smallest absolute Gasteiger partial charge is 0.220 e. The van der Waals surface area contributed by atoms with Crippen LogP contribution in [0.1, 0.15) is 26.2 Å². The average Bonchev–Trinajstić information content (AvgIpc) is 2.50. The number of nitrogens with zero attached hydrogens (tertiary/aromatic N) is 1. The first-order valence-corrected chi connectivity index (χ1v) is 5.88. The monoisotopic (exact) mass is 211 g/mol. The predicted octanol–water partition coefficient (Wildman–Crippen LogP) is -0.0528. The van der Waals surface area contributed by atoms with E-state index >= 15 is 0 Å². The van der Waals surface area contributed by atoms with E-state index in [1.807, 2.05) is 0 Å². The van der Waals surface area contributed by atoms with Gasteiger partial charge in [-0.3, -0.25) is 4.79 Å². The zero-order chi connectivity index (χ0) is 10.8. The third kappa shape index (κ3) is 2.69. The van der Waals surface area contributed by atoms with Crippen LogP contribution >= 0.6 is 0 Å². The standard InChI is InChI=1S/C11H21N3O/c1-8-5-10(7-14(8)2)13-9-3-4-11(15)12-6-9/h8-10,13H,3-7H2,1-2H3,(H,12,15). The van der Waals surface area contributed by atoms with E-state index in [4.69, 9.17) is 0 Å². The van der Waals surface area contributed by atoms with Crippen LogP contribution in [0, 0.1) is 0 Å². The van der Waals surface area contributed by atoms with Crippen LogP contribution in [-0.4, -0.2) is 49.1 Å². The maximum Gasteiger partial charge on any atom is 0.220 e. The average molecular weight is 211 g/mol. The molecular weight excluding hydrogens is 190 g/mol. The molecule has 2 N–H and O–H groups in total. The van der Waals surface area contributed by atoms with Crippen LogP contribution in [0.3, 0.4) is 0 Å². The number of rotatable bonds is 2. The molecule has 2 fully saturated rings. The van der Waals surface area contributed by atoms with Crippen molar-refractivity contribution in [3.05, 3.63) is 0 Å². The number of amides is 1. The Morgan fingerprint density at radius 1 is 1.47 bits per heavy atom. The van der Waals surface area contributed by atoms with Gasteiger partial charge in [-0.1, -0.05) is 0 Å². The summed E-state index contributed by atoms with van der Waals surface area (Å²) in [4.78, 5) is 13.4. The first kappa shape index (κ1) is 10.9. The molecule has 0 aliphatic carbocycles. The second-order valence-corrected chi connectivity index (χ2v) is 4.93. The van der Waals surface area contributed by atoms with Gasteiger partial charge >= 0.3 is 0 Å². The Morgan fingerprint density at radius 3 is 2.80 bits per heavy atom. The summed E-state index contributed by atoms with van der Waals surface area (Å²) < 4.78 is 0. The summed E-state index contributed by atoms with van der Waals surface area (Å²) in [7, 11) is 2.18. The van der Waals surface area contributed by atoms with Gasteiger partial charge in [0, 0.05) is 37.6 Å². The van der Waals surface area contributed by atoms with Crippen LogP contribution < -0.4 is 10.6 Å². The number of likely N-dealkylation sites (N-methyl/N-ethyl adjacent to an activating group) is 1. The van der Waals surface area contributed by atoms with E-state index in [-0.39, 0.29) is 5.91 Å².